The second-order valence-electron chi connectivity index (χ2n) is 7.85. The van der Waals surface area contributed by atoms with Crippen LogP contribution in [-0.2, 0) is 16.1 Å². The molecule has 9 heteroatoms. The first-order valence-corrected chi connectivity index (χ1v) is 11.2. The molecular formula is C26H25FN4O4. The smallest absolute Gasteiger partial charge is 0.326 e. The maximum atomic E-state index is 13.1. The van der Waals surface area contributed by atoms with E-state index in [2.05, 4.69) is 10.6 Å². The molecule has 2 N–H and O–H groups in total. The molecule has 180 valence electrons. The van der Waals surface area contributed by atoms with Gasteiger partial charge in [0.2, 0.25) is 11.8 Å². The summed E-state index contributed by atoms with van der Waals surface area (Å²) in [6, 6.07) is 19.2. The number of urea groups is 1. The SMILES string of the molecule is CCOc1ccc(NC(=O)N2CC(=O)N(CC(=O)NCc3ccc(F)cc3)c3ccccc32)cc1. The van der Waals surface area contributed by atoms with Gasteiger partial charge in [-0.25, -0.2) is 9.18 Å². The van der Waals surface area contributed by atoms with Crippen LogP contribution in [0.15, 0.2) is 72.8 Å². The van der Waals surface area contributed by atoms with Gasteiger partial charge in [-0.05, 0) is 61.0 Å². The van der Waals surface area contributed by atoms with E-state index in [1.807, 2.05) is 6.92 Å². The minimum absolute atomic E-state index is 0.203. The van der Waals surface area contributed by atoms with E-state index >= 15 is 0 Å². The Balaban J connectivity index is 1.44. The summed E-state index contributed by atoms with van der Waals surface area (Å²) in [7, 11) is 0. The predicted molar refractivity (Wildman–Crippen MR) is 131 cm³/mol. The van der Waals surface area contributed by atoms with Crippen molar-refractivity contribution < 1.29 is 23.5 Å². The molecule has 0 fully saturated rings. The summed E-state index contributed by atoms with van der Waals surface area (Å²) in [4.78, 5) is 41.2. The number of hydrogen-bond donors (Lipinski definition) is 2. The average molecular weight is 477 g/mol. The molecule has 35 heavy (non-hydrogen) atoms. The van der Waals surface area contributed by atoms with Crippen molar-refractivity contribution in [2.24, 2.45) is 0 Å². The van der Waals surface area contributed by atoms with Gasteiger partial charge in [-0.1, -0.05) is 24.3 Å². The number of amides is 4. The number of carbonyl (C=O) groups is 3. The van der Waals surface area contributed by atoms with Gasteiger partial charge in [0.15, 0.2) is 0 Å². The van der Waals surface area contributed by atoms with Gasteiger partial charge < -0.3 is 15.4 Å². The van der Waals surface area contributed by atoms with Crippen molar-refractivity contribution >= 4 is 34.9 Å². The molecular weight excluding hydrogens is 451 g/mol. The Morgan fingerprint density at radius 3 is 2.34 bits per heavy atom. The minimum atomic E-state index is -0.463. The standard InChI is InChI=1S/C26H25FN4O4/c1-2-35-21-13-11-20(12-14-21)29-26(34)31-17-25(33)30(22-5-3-4-6-23(22)31)16-24(32)28-15-18-7-9-19(27)10-8-18/h3-14H,2,15-17H2,1H3,(H,28,32)(H,29,34). The molecule has 0 saturated carbocycles. The van der Waals surface area contributed by atoms with E-state index in [0.717, 1.165) is 5.56 Å². The van der Waals surface area contributed by atoms with E-state index in [1.165, 1.54) is 21.9 Å². The van der Waals surface area contributed by atoms with E-state index in [0.29, 0.717) is 29.4 Å². The molecule has 0 unspecified atom stereocenters. The van der Waals surface area contributed by atoms with Crippen molar-refractivity contribution in [2.45, 2.75) is 13.5 Å². The molecule has 4 amide bonds. The van der Waals surface area contributed by atoms with Gasteiger partial charge in [0.05, 0.1) is 18.0 Å². The van der Waals surface area contributed by atoms with E-state index in [1.54, 1.807) is 60.7 Å². The lowest BCUT2D eigenvalue weighted by Crippen LogP contribution is -2.51. The molecule has 8 nitrogen and oxygen atoms in total. The number of halogens is 1. The summed E-state index contributed by atoms with van der Waals surface area (Å²) in [5.74, 6) is -0.420. The molecule has 0 spiro atoms. The first kappa shape index (κ1) is 23.7. The van der Waals surface area contributed by atoms with Crippen LogP contribution in [-0.4, -0.2) is 37.5 Å². The van der Waals surface area contributed by atoms with Crippen LogP contribution in [0, 0.1) is 5.82 Å². The van der Waals surface area contributed by atoms with Crippen LogP contribution >= 0.6 is 0 Å². The second kappa shape index (κ2) is 10.7. The molecule has 1 aliphatic heterocycles. The number of para-hydroxylation sites is 2. The summed E-state index contributed by atoms with van der Waals surface area (Å²) >= 11 is 0. The number of anilines is 3. The Bertz CT molecular complexity index is 1210. The van der Waals surface area contributed by atoms with Crippen LogP contribution in [0.1, 0.15) is 12.5 Å². The number of fused-ring (bicyclic) bond motifs is 1. The summed E-state index contributed by atoms with van der Waals surface area (Å²) < 4.78 is 18.5. The fourth-order valence-corrected chi connectivity index (χ4v) is 3.71. The topological polar surface area (TPSA) is 91.0 Å². The predicted octanol–water partition coefficient (Wildman–Crippen LogP) is 3.93. The summed E-state index contributed by atoms with van der Waals surface area (Å²) in [5.41, 5.74) is 2.28. The van der Waals surface area contributed by atoms with Crippen LogP contribution < -0.4 is 25.2 Å². The number of nitrogens with one attached hydrogen (secondary N) is 2. The zero-order valence-electron chi connectivity index (χ0n) is 19.2. The maximum Gasteiger partial charge on any atom is 0.326 e. The number of hydrogen-bond acceptors (Lipinski definition) is 4. The number of carbonyl (C=O) groups excluding carboxylic acids is 3. The van der Waals surface area contributed by atoms with Crippen molar-refractivity contribution in [3.05, 3.63) is 84.2 Å². The fourth-order valence-electron chi connectivity index (χ4n) is 3.71. The average Bonchev–Trinajstić information content (AvgIpc) is 2.86. The van der Waals surface area contributed by atoms with Gasteiger partial charge in [0, 0.05) is 12.2 Å². The van der Waals surface area contributed by atoms with Gasteiger partial charge in [-0.3, -0.25) is 19.4 Å². The zero-order valence-corrected chi connectivity index (χ0v) is 19.2. The number of ether oxygens (including phenoxy) is 1. The lowest BCUT2D eigenvalue weighted by Gasteiger charge is -2.35. The van der Waals surface area contributed by atoms with Crippen molar-refractivity contribution in [3.63, 3.8) is 0 Å². The third-order valence-electron chi connectivity index (χ3n) is 5.42. The normalized spacial score (nSPS) is 12.7. The van der Waals surface area contributed by atoms with Gasteiger partial charge in [0.25, 0.3) is 0 Å². The highest BCUT2D eigenvalue weighted by atomic mass is 19.1. The van der Waals surface area contributed by atoms with Crippen molar-refractivity contribution in [1.82, 2.24) is 5.32 Å². The van der Waals surface area contributed by atoms with Gasteiger partial charge in [0.1, 0.15) is 24.7 Å². The lowest BCUT2D eigenvalue weighted by molar-refractivity contribution is -0.123. The quantitative estimate of drug-likeness (QED) is 0.541. The number of benzene rings is 3. The van der Waals surface area contributed by atoms with Gasteiger partial charge in [-0.2, -0.15) is 0 Å². The monoisotopic (exact) mass is 476 g/mol. The van der Waals surface area contributed by atoms with E-state index in [-0.39, 0.29) is 37.3 Å². The van der Waals surface area contributed by atoms with Crippen LogP contribution in [0.5, 0.6) is 5.75 Å². The van der Waals surface area contributed by atoms with Crippen molar-refractivity contribution in [2.75, 3.05) is 34.8 Å². The Kier molecular flexibility index (Phi) is 7.25. The summed E-state index contributed by atoms with van der Waals surface area (Å²) in [5, 5.41) is 5.53. The number of nitrogens with zero attached hydrogens (tertiary/aromatic N) is 2. The molecule has 3 aromatic rings. The molecule has 1 heterocycles. The number of rotatable bonds is 7. The van der Waals surface area contributed by atoms with E-state index in [4.69, 9.17) is 4.74 Å². The lowest BCUT2D eigenvalue weighted by atomic mass is 10.1. The maximum absolute atomic E-state index is 13.1. The highest BCUT2D eigenvalue weighted by Crippen LogP contribution is 2.33. The highest BCUT2D eigenvalue weighted by Gasteiger charge is 2.33. The minimum Gasteiger partial charge on any atom is -0.494 e. The van der Waals surface area contributed by atoms with Crippen molar-refractivity contribution in [1.29, 1.82) is 0 Å². The van der Waals surface area contributed by atoms with Crippen LogP contribution in [0.25, 0.3) is 0 Å². The Morgan fingerprint density at radius 2 is 1.66 bits per heavy atom. The first-order chi connectivity index (χ1) is 16.9. The highest BCUT2D eigenvalue weighted by molar-refractivity contribution is 6.15. The summed E-state index contributed by atoms with van der Waals surface area (Å²) in [6.07, 6.45) is 0. The Morgan fingerprint density at radius 1 is 0.971 bits per heavy atom. The third kappa shape index (κ3) is 5.75. The Labute approximate surface area is 202 Å². The van der Waals surface area contributed by atoms with Crippen LogP contribution in [0.3, 0.4) is 0 Å². The molecule has 0 bridgehead atoms. The van der Waals surface area contributed by atoms with Crippen molar-refractivity contribution in [3.8, 4) is 5.75 Å². The molecule has 4 rings (SSSR count). The molecule has 0 aliphatic carbocycles. The van der Waals surface area contributed by atoms with Gasteiger partial charge >= 0.3 is 6.03 Å². The first-order valence-electron chi connectivity index (χ1n) is 11.2. The molecule has 0 aromatic heterocycles. The fraction of sp³-hybridized carbons (Fsp3) is 0.192. The zero-order chi connectivity index (χ0) is 24.8. The third-order valence-corrected chi connectivity index (χ3v) is 5.42. The molecule has 1 aliphatic rings. The van der Waals surface area contributed by atoms with Crippen LogP contribution in [0.4, 0.5) is 26.2 Å². The van der Waals surface area contributed by atoms with Gasteiger partial charge in [-0.15, -0.1) is 0 Å². The second-order valence-corrected chi connectivity index (χ2v) is 7.85. The largest absolute Gasteiger partial charge is 0.494 e. The molecule has 3 aromatic carbocycles. The summed E-state index contributed by atoms with van der Waals surface area (Å²) in [6.45, 7) is 2.22. The van der Waals surface area contributed by atoms with E-state index < -0.39 is 6.03 Å². The Hall–Kier alpha value is -4.40. The van der Waals surface area contributed by atoms with Crippen LogP contribution in [0.2, 0.25) is 0 Å². The van der Waals surface area contributed by atoms with E-state index in [9.17, 15) is 18.8 Å². The molecule has 0 atom stereocenters. The molecule has 0 radical (unpaired) electrons. The molecule has 0 saturated heterocycles.